The van der Waals surface area contributed by atoms with Crippen molar-refractivity contribution in [1.82, 2.24) is 9.55 Å². The Morgan fingerprint density at radius 3 is 2.57 bits per heavy atom. The molecule has 0 aliphatic heterocycles. The lowest BCUT2D eigenvalue weighted by Gasteiger charge is -2.02. The van der Waals surface area contributed by atoms with Crippen LogP contribution in [0, 0.1) is 18.3 Å². The summed E-state index contributed by atoms with van der Waals surface area (Å²) in [6.07, 6.45) is 1.74. The van der Waals surface area contributed by atoms with Gasteiger partial charge in [-0.15, -0.1) is 0 Å². The third-order valence-corrected chi connectivity index (χ3v) is 2.03. The quantitative estimate of drug-likeness (QED) is 0.679. The number of imidazole rings is 1. The number of aryl methyl sites for hydroxylation is 1. The van der Waals surface area contributed by atoms with E-state index in [0.29, 0.717) is 5.69 Å². The molecule has 0 radical (unpaired) electrons. The molecule has 0 saturated heterocycles. The molecule has 0 spiro atoms. The summed E-state index contributed by atoms with van der Waals surface area (Å²) in [7, 11) is 0. The molecule has 0 aliphatic carbocycles. The van der Waals surface area contributed by atoms with Crippen molar-refractivity contribution in [3.8, 4) is 11.8 Å². The number of para-hydroxylation sites is 1. The van der Waals surface area contributed by atoms with Crippen molar-refractivity contribution in [1.29, 1.82) is 5.26 Å². The van der Waals surface area contributed by atoms with Crippen LogP contribution in [0.15, 0.2) is 36.5 Å². The van der Waals surface area contributed by atoms with E-state index in [-0.39, 0.29) is 0 Å². The summed E-state index contributed by atoms with van der Waals surface area (Å²) in [5, 5.41) is 8.70. The number of rotatable bonds is 1. The average Bonchev–Trinajstić information content (AvgIpc) is 2.61. The number of benzene rings is 1. The molecular weight excluding hydrogens is 174 g/mol. The molecule has 0 aliphatic rings. The van der Waals surface area contributed by atoms with Gasteiger partial charge in [0, 0.05) is 11.9 Å². The summed E-state index contributed by atoms with van der Waals surface area (Å²) in [6, 6.07) is 11.9. The van der Waals surface area contributed by atoms with Crippen molar-refractivity contribution in [2.24, 2.45) is 0 Å². The number of hydrogen-bond donors (Lipinski definition) is 0. The van der Waals surface area contributed by atoms with E-state index in [1.807, 2.05) is 47.9 Å². The minimum atomic E-state index is 0.450. The molecule has 14 heavy (non-hydrogen) atoms. The molecule has 2 aromatic rings. The highest BCUT2D eigenvalue weighted by molar-refractivity contribution is 5.35. The first-order valence-electron chi connectivity index (χ1n) is 4.33. The summed E-state index contributed by atoms with van der Waals surface area (Å²) in [6.45, 7) is 1.88. The fourth-order valence-corrected chi connectivity index (χ4v) is 1.38. The first-order chi connectivity index (χ1) is 6.81. The van der Waals surface area contributed by atoms with Crippen LogP contribution in [-0.2, 0) is 0 Å². The largest absolute Gasteiger partial charge is 0.303 e. The molecule has 0 saturated carbocycles. The predicted octanol–water partition coefficient (Wildman–Crippen LogP) is 2.05. The van der Waals surface area contributed by atoms with Crippen LogP contribution in [0.4, 0.5) is 0 Å². The predicted molar refractivity (Wildman–Crippen MR) is 53.0 cm³/mol. The molecule has 1 heterocycles. The van der Waals surface area contributed by atoms with Crippen molar-refractivity contribution in [2.45, 2.75) is 6.92 Å². The molecule has 3 nitrogen and oxygen atoms in total. The zero-order valence-corrected chi connectivity index (χ0v) is 7.81. The Balaban J connectivity index is 2.53. The van der Waals surface area contributed by atoms with Crippen LogP contribution in [-0.4, -0.2) is 9.55 Å². The van der Waals surface area contributed by atoms with Crippen molar-refractivity contribution in [3.63, 3.8) is 0 Å². The van der Waals surface area contributed by atoms with Gasteiger partial charge in [-0.2, -0.15) is 5.26 Å². The molecule has 1 aromatic heterocycles. The van der Waals surface area contributed by atoms with E-state index in [1.165, 1.54) is 0 Å². The summed E-state index contributed by atoms with van der Waals surface area (Å²) in [5.74, 6) is 0.827. The van der Waals surface area contributed by atoms with E-state index < -0.39 is 0 Å². The third kappa shape index (κ3) is 1.38. The van der Waals surface area contributed by atoms with Crippen LogP contribution in [0.1, 0.15) is 11.5 Å². The van der Waals surface area contributed by atoms with Gasteiger partial charge in [0.15, 0.2) is 5.69 Å². The topological polar surface area (TPSA) is 41.6 Å². The van der Waals surface area contributed by atoms with Gasteiger partial charge < -0.3 is 4.57 Å². The maximum Gasteiger partial charge on any atom is 0.159 e. The molecule has 2 rings (SSSR count). The Bertz CT molecular complexity index is 477. The summed E-state index contributed by atoms with van der Waals surface area (Å²) in [4.78, 5) is 4.11. The van der Waals surface area contributed by atoms with Gasteiger partial charge in [0.05, 0.1) is 0 Å². The Hall–Kier alpha value is -2.08. The van der Waals surface area contributed by atoms with Crippen LogP contribution in [0.3, 0.4) is 0 Å². The van der Waals surface area contributed by atoms with E-state index in [2.05, 4.69) is 4.98 Å². The highest BCUT2D eigenvalue weighted by Gasteiger charge is 2.03. The second-order valence-corrected chi connectivity index (χ2v) is 2.99. The van der Waals surface area contributed by atoms with Gasteiger partial charge in [-0.3, -0.25) is 0 Å². The Morgan fingerprint density at radius 1 is 1.29 bits per heavy atom. The van der Waals surface area contributed by atoms with Crippen molar-refractivity contribution in [3.05, 3.63) is 48.0 Å². The molecule has 0 atom stereocenters. The SMILES string of the molecule is Cc1nc(C#N)cn1-c1ccccc1. The number of aromatic nitrogens is 2. The van der Waals surface area contributed by atoms with Gasteiger partial charge in [-0.05, 0) is 19.1 Å². The zero-order valence-electron chi connectivity index (χ0n) is 7.81. The second-order valence-electron chi connectivity index (χ2n) is 2.99. The smallest absolute Gasteiger partial charge is 0.159 e. The maximum atomic E-state index is 8.70. The van der Waals surface area contributed by atoms with Gasteiger partial charge in [0.25, 0.3) is 0 Å². The zero-order chi connectivity index (χ0) is 9.97. The Kier molecular flexibility index (Phi) is 2.04. The van der Waals surface area contributed by atoms with Gasteiger partial charge >= 0.3 is 0 Å². The van der Waals surface area contributed by atoms with Gasteiger partial charge in [0.2, 0.25) is 0 Å². The molecule has 0 N–H and O–H groups in total. The monoisotopic (exact) mass is 183 g/mol. The standard InChI is InChI=1S/C11H9N3/c1-9-13-10(7-12)8-14(9)11-5-3-2-4-6-11/h2-6,8H,1H3. The lowest BCUT2D eigenvalue weighted by Crippen LogP contribution is -1.93. The molecule has 0 fully saturated rings. The van der Waals surface area contributed by atoms with Crippen LogP contribution >= 0.6 is 0 Å². The third-order valence-electron chi connectivity index (χ3n) is 2.03. The molecule has 0 unspecified atom stereocenters. The molecular formula is C11H9N3. The number of hydrogen-bond acceptors (Lipinski definition) is 2. The van der Waals surface area contributed by atoms with Crippen LogP contribution in [0.2, 0.25) is 0 Å². The minimum Gasteiger partial charge on any atom is -0.303 e. The van der Waals surface area contributed by atoms with E-state index in [4.69, 9.17) is 5.26 Å². The lowest BCUT2D eigenvalue weighted by molar-refractivity contribution is 0.975. The summed E-state index contributed by atoms with van der Waals surface area (Å²) < 4.78 is 1.90. The summed E-state index contributed by atoms with van der Waals surface area (Å²) >= 11 is 0. The van der Waals surface area contributed by atoms with E-state index in [9.17, 15) is 0 Å². The van der Waals surface area contributed by atoms with Crippen molar-refractivity contribution >= 4 is 0 Å². The fourth-order valence-electron chi connectivity index (χ4n) is 1.38. The van der Waals surface area contributed by atoms with Gasteiger partial charge in [-0.1, -0.05) is 18.2 Å². The normalized spacial score (nSPS) is 9.71. The van der Waals surface area contributed by atoms with E-state index >= 15 is 0 Å². The number of nitriles is 1. The maximum absolute atomic E-state index is 8.70. The first-order valence-corrected chi connectivity index (χ1v) is 4.33. The summed E-state index contributed by atoms with van der Waals surface area (Å²) in [5.41, 5.74) is 1.48. The second kappa shape index (κ2) is 3.35. The molecule has 68 valence electrons. The van der Waals surface area contributed by atoms with Crippen LogP contribution < -0.4 is 0 Å². The van der Waals surface area contributed by atoms with Crippen molar-refractivity contribution < 1.29 is 0 Å². The van der Waals surface area contributed by atoms with Crippen LogP contribution in [0.5, 0.6) is 0 Å². The minimum absolute atomic E-state index is 0.450. The Labute approximate surface area is 82.2 Å². The lowest BCUT2D eigenvalue weighted by atomic mass is 10.3. The van der Waals surface area contributed by atoms with E-state index in [0.717, 1.165) is 11.5 Å². The average molecular weight is 183 g/mol. The fraction of sp³-hybridized carbons (Fsp3) is 0.0909. The molecule has 0 bridgehead atoms. The Morgan fingerprint density at radius 2 is 2.00 bits per heavy atom. The highest BCUT2D eigenvalue weighted by Crippen LogP contribution is 2.10. The molecule has 0 amide bonds. The van der Waals surface area contributed by atoms with E-state index in [1.54, 1.807) is 6.20 Å². The molecule has 3 heteroatoms. The number of nitrogens with zero attached hydrogens (tertiary/aromatic N) is 3. The van der Waals surface area contributed by atoms with Crippen molar-refractivity contribution in [2.75, 3.05) is 0 Å². The van der Waals surface area contributed by atoms with Crippen LogP contribution in [0.25, 0.3) is 5.69 Å². The van der Waals surface area contributed by atoms with Gasteiger partial charge in [0.1, 0.15) is 11.9 Å². The van der Waals surface area contributed by atoms with Gasteiger partial charge in [-0.25, -0.2) is 4.98 Å². The first kappa shape index (κ1) is 8.52. The molecule has 1 aromatic carbocycles. The highest BCUT2D eigenvalue weighted by atomic mass is 15.1.